The summed E-state index contributed by atoms with van der Waals surface area (Å²) in [6.07, 6.45) is 7.78. The summed E-state index contributed by atoms with van der Waals surface area (Å²) in [4.78, 5) is 25.6. The quantitative estimate of drug-likeness (QED) is 0.357. The first-order chi connectivity index (χ1) is 16.3. The average Bonchev–Trinajstić information content (AvgIpc) is 3.02. The molecule has 4 aliphatic carbocycles. The molecule has 0 saturated heterocycles. The van der Waals surface area contributed by atoms with Crippen molar-refractivity contribution in [3.63, 3.8) is 0 Å². The molecule has 0 spiro atoms. The molecule has 0 aromatic heterocycles. The zero-order valence-corrected chi connectivity index (χ0v) is 21.1. The third-order valence-electron chi connectivity index (χ3n) is 11.1. The fourth-order valence-corrected chi connectivity index (χ4v) is 8.56. The fourth-order valence-electron chi connectivity index (χ4n) is 8.56. The van der Waals surface area contributed by atoms with Gasteiger partial charge in [0, 0.05) is 11.8 Å². The molecule has 4 unspecified atom stereocenters. The molecule has 0 bridgehead atoms. The number of hydrogen-bond donors (Lipinski definition) is 4. The van der Waals surface area contributed by atoms with Crippen LogP contribution in [0.2, 0.25) is 0 Å². The number of fused-ring (bicyclic) bond motifs is 5. The van der Waals surface area contributed by atoms with E-state index in [4.69, 9.17) is 4.74 Å². The molecular formula is C28H38O7. The highest BCUT2D eigenvalue weighted by Gasteiger charge is 2.76. The largest absolute Gasteiger partial charge is 0.455 e. The van der Waals surface area contributed by atoms with Crippen molar-refractivity contribution in [2.45, 2.75) is 95.5 Å². The number of cyclic esters (lactones) is 1. The average molecular weight is 487 g/mol. The molecule has 0 aromatic carbocycles. The molecule has 192 valence electrons. The Balaban J connectivity index is 1.52. The Morgan fingerprint density at radius 3 is 2.51 bits per heavy atom. The molecule has 5 aliphatic rings. The van der Waals surface area contributed by atoms with Gasteiger partial charge in [0.1, 0.15) is 17.3 Å². The van der Waals surface area contributed by atoms with Crippen molar-refractivity contribution in [3.05, 3.63) is 34.9 Å². The summed E-state index contributed by atoms with van der Waals surface area (Å²) in [5.74, 6) is -0.885. The smallest absolute Gasteiger partial charge is 0.336 e. The Hall–Kier alpha value is -1.80. The van der Waals surface area contributed by atoms with Gasteiger partial charge in [0.2, 0.25) is 0 Å². The van der Waals surface area contributed by atoms with Gasteiger partial charge in [-0.15, -0.1) is 0 Å². The summed E-state index contributed by atoms with van der Waals surface area (Å²) in [6, 6.07) is 0. The van der Waals surface area contributed by atoms with E-state index in [1.54, 1.807) is 13.0 Å². The number of ketones is 1. The van der Waals surface area contributed by atoms with E-state index in [-0.39, 0.29) is 42.5 Å². The van der Waals surface area contributed by atoms with Gasteiger partial charge in [-0.25, -0.2) is 4.79 Å². The van der Waals surface area contributed by atoms with Gasteiger partial charge in [-0.3, -0.25) is 4.79 Å². The first-order valence-electron chi connectivity index (χ1n) is 12.9. The van der Waals surface area contributed by atoms with E-state index in [1.165, 1.54) is 6.92 Å². The number of hydrogen-bond acceptors (Lipinski definition) is 7. The fraction of sp³-hybridized carbons (Fsp3) is 0.714. The Kier molecular flexibility index (Phi) is 5.40. The van der Waals surface area contributed by atoms with Crippen LogP contribution in [0, 0.1) is 22.7 Å². The maximum absolute atomic E-state index is 13.1. The van der Waals surface area contributed by atoms with Crippen LogP contribution in [-0.4, -0.2) is 61.7 Å². The van der Waals surface area contributed by atoms with Gasteiger partial charge >= 0.3 is 5.97 Å². The van der Waals surface area contributed by atoms with Gasteiger partial charge in [-0.05, 0) is 77.2 Å². The minimum absolute atomic E-state index is 0.0462. The van der Waals surface area contributed by atoms with Crippen molar-refractivity contribution in [1.29, 1.82) is 0 Å². The Morgan fingerprint density at radius 2 is 1.86 bits per heavy atom. The van der Waals surface area contributed by atoms with Gasteiger partial charge < -0.3 is 25.2 Å². The second-order valence-corrected chi connectivity index (χ2v) is 12.2. The summed E-state index contributed by atoms with van der Waals surface area (Å²) in [5.41, 5.74) is -4.64. The molecule has 35 heavy (non-hydrogen) atoms. The highest BCUT2D eigenvalue weighted by atomic mass is 16.6. The molecule has 7 nitrogen and oxygen atoms in total. The van der Waals surface area contributed by atoms with Crippen molar-refractivity contribution in [2.75, 3.05) is 6.61 Å². The summed E-state index contributed by atoms with van der Waals surface area (Å²) in [5, 5.41) is 46.0. The molecule has 2 saturated carbocycles. The summed E-state index contributed by atoms with van der Waals surface area (Å²) < 4.78 is 5.56. The second kappa shape index (κ2) is 7.60. The minimum Gasteiger partial charge on any atom is -0.455 e. The molecule has 4 N–H and O–H groups in total. The summed E-state index contributed by atoms with van der Waals surface area (Å²) in [7, 11) is 0. The molecule has 1 aliphatic heterocycles. The number of aliphatic hydroxyl groups excluding tert-OH is 1. The predicted octanol–water partition coefficient (Wildman–Crippen LogP) is 2.52. The van der Waals surface area contributed by atoms with Crippen molar-refractivity contribution in [3.8, 4) is 0 Å². The van der Waals surface area contributed by atoms with E-state index >= 15 is 0 Å². The standard InChI is InChI=1S/C28H38O7/c1-16-14-22(35-23(31)18(16)15-29)26(4,32)28(34)13-12-27(33)20-9-8-17-6-5-7-21(30)25(17,3)19(20)10-11-24(27,28)2/h5,7-8,19-20,22,29,32-34H,6,9-15H2,1-4H3/t19?,20?,22?,24-,25-,26?,27+,28-/m0/s1. The third-order valence-corrected chi connectivity index (χ3v) is 11.1. The van der Waals surface area contributed by atoms with Gasteiger partial charge in [-0.2, -0.15) is 0 Å². The molecule has 1 heterocycles. The predicted molar refractivity (Wildman–Crippen MR) is 128 cm³/mol. The van der Waals surface area contributed by atoms with Gasteiger partial charge in [0.25, 0.3) is 0 Å². The van der Waals surface area contributed by atoms with Crippen LogP contribution in [0.1, 0.15) is 72.6 Å². The van der Waals surface area contributed by atoms with E-state index in [2.05, 4.69) is 6.08 Å². The van der Waals surface area contributed by atoms with Crippen molar-refractivity contribution in [1.82, 2.24) is 0 Å². The number of rotatable bonds is 3. The van der Waals surface area contributed by atoms with Crippen LogP contribution in [0.15, 0.2) is 34.9 Å². The van der Waals surface area contributed by atoms with E-state index < -0.39 is 46.3 Å². The lowest BCUT2D eigenvalue weighted by molar-refractivity contribution is -0.279. The molecule has 8 atom stereocenters. The lowest BCUT2D eigenvalue weighted by Crippen LogP contribution is -2.72. The van der Waals surface area contributed by atoms with E-state index in [0.717, 1.165) is 12.0 Å². The number of allylic oxidation sites excluding steroid dienone is 4. The van der Waals surface area contributed by atoms with Crippen LogP contribution < -0.4 is 0 Å². The maximum atomic E-state index is 13.1. The van der Waals surface area contributed by atoms with Gasteiger partial charge in [0.05, 0.1) is 23.2 Å². The molecule has 0 radical (unpaired) electrons. The van der Waals surface area contributed by atoms with Gasteiger partial charge in [-0.1, -0.05) is 30.2 Å². The lowest BCUT2D eigenvalue weighted by atomic mass is 9.44. The monoisotopic (exact) mass is 486 g/mol. The van der Waals surface area contributed by atoms with Crippen LogP contribution >= 0.6 is 0 Å². The topological polar surface area (TPSA) is 124 Å². The van der Waals surface area contributed by atoms with E-state index in [0.29, 0.717) is 24.8 Å². The van der Waals surface area contributed by atoms with Gasteiger partial charge in [0.15, 0.2) is 5.78 Å². The molecule has 5 rings (SSSR count). The Labute approximate surface area is 206 Å². The SMILES string of the molecule is CC1=C(CO)C(=O)OC(C(C)(O)[C@]2(O)CC[C@@]3(O)C4CC=C5CC=CC(=O)[C@]5(C)C4CC[C@@]32C)C1. The molecule has 7 heteroatoms. The number of ether oxygens (including phenoxy) is 1. The second-order valence-electron chi connectivity index (χ2n) is 12.2. The first-order valence-corrected chi connectivity index (χ1v) is 12.9. The zero-order valence-electron chi connectivity index (χ0n) is 21.1. The highest BCUT2D eigenvalue weighted by molar-refractivity contribution is 5.98. The lowest BCUT2D eigenvalue weighted by Gasteiger charge is -2.63. The van der Waals surface area contributed by atoms with Crippen LogP contribution in [0.3, 0.4) is 0 Å². The number of aliphatic hydroxyl groups is 4. The van der Waals surface area contributed by atoms with Crippen molar-refractivity contribution >= 4 is 11.8 Å². The number of esters is 1. The van der Waals surface area contributed by atoms with E-state index in [1.807, 2.05) is 19.9 Å². The molecule has 2 fully saturated rings. The van der Waals surface area contributed by atoms with Crippen molar-refractivity contribution in [2.24, 2.45) is 22.7 Å². The molecule has 0 amide bonds. The molecule has 0 aromatic rings. The third kappa shape index (κ3) is 2.87. The van der Waals surface area contributed by atoms with Crippen molar-refractivity contribution < 1.29 is 34.8 Å². The zero-order chi connectivity index (χ0) is 25.6. The first kappa shape index (κ1) is 24.9. The number of carbonyl (C=O) groups is 2. The Bertz CT molecular complexity index is 1070. The van der Waals surface area contributed by atoms with E-state index in [9.17, 15) is 30.0 Å². The highest BCUT2D eigenvalue weighted by Crippen LogP contribution is 2.70. The minimum atomic E-state index is -1.83. The van der Waals surface area contributed by atoms with Crippen LogP contribution in [-0.2, 0) is 14.3 Å². The summed E-state index contributed by atoms with van der Waals surface area (Å²) in [6.45, 7) is 6.63. The Morgan fingerprint density at radius 1 is 1.14 bits per heavy atom. The van der Waals surface area contributed by atoms with Crippen LogP contribution in [0.5, 0.6) is 0 Å². The maximum Gasteiger partial charge on any atom is 0.336 e. The number of carbonyl (C=O) groups excluding carboxylic acids is 2. The molecular weight excluding hydrogens is 448 g/mol. The normalized spacial score (nSPS) is 46.9. The summed E-state index contributed by atoms with van der Waals surface area (Å²) >= 11 is 0. The van der Waals surface area contributed by atoms with Crippen LogP contribution in [0.25, 0.3) is 0 Å². The van der Waals surface area contributed by atoms with Crippen LogP contribution in [0.4, 0.5) is 0 Å².